The van der Waals surface area contributed by atoms with E-state index in [1.807, 2.05) is 0 Å². The molecule has 1 aliphatic heterocycles. The number of anilines is 1. The Morgan fingerprint density at radius 1 is 1.41 bits per heavy atom. The molecule has 1 aromatic carbocycles. The van der Waals surface area contributed by atoms with E-state index >= 15 is 0 Å². The molecule has 5 N–H and O–H groups in total. The highest BCUT2D eigenvalue weighted by atomic mass is 16.3. The van der Waals surface area contributed by atoms with Crippen molar-refractivity contribution in [3.8, 4) is 30.9 Å². The molecule has 2 aromatic rings. The molecule has 3 rings (SSSR count). The summed E-state index contributed by atoms with van der Waals surface area (Å²) in [5.41, 5.74) is 12.5. The molecule has 8 nitrogen and oxygen atoms in total. The lowest BCUT2D eigenvalue weighted by Crippen LogP contribution is -2.24. The average molecular weight is 367 g/mol. The van der Waals surface area contributed by atoms with E-state index in [1.165, 1.54) is 15.8 Å². The minimum atomic E-state index is -0.722. The molecule has 2 amide bonds. The summed E-state index contributed by atoms with van der Waals surface area (Å²) in [5.74, 6) is 1.71. The van der Waals surface area contributed by atoms with Crippen LogP contribution in [0, 0.1) is 25.2 Å². The predicted octanol–water partition coefficient (Wildman–Crippen LogP) is -0.00650. The van der Waals surface area contributed by atoms with E-state index in [9.17, 15) is 9.59 Å². The van der Waals surface area contributed by atoms with Crippen LogP contribution in [-0.4, -0.2) is 51.3 Å². The number of likely N-dealkylation sites (N-methyl/N-ethyl adjacent to an activating group) is 1. The zero-order valence-corrected chi connectivity index (χ0v) is 14.9. The molecule has 0 spiro atoms. The van der Waals surface area contributed by atoms with Crippen LogP contribution in [0.3, 0.4) is 0 Å². The first-order valence-corrected chi connectivity index (χ1v) is 7.82. The summed E-state index contributed by atoms with van der Waals surface area (Å²) in [6, 6.07) is 7.16. The minimum absolute atomic E-state index is 0.0520. The Morgan fingerprint density at radius 2 is 2.07 bits per heavy atom. The summed E-state index contributed by atoms with van der Waals surface area (Å²) in [5, 5.41) is 12.8. The number of hydrogen-bond acceptors (Lipinski definition) is 5. The van der Waals surface area contributed by atoms with Crippen molar-refractivity contribution in [2.75, 3.05) is 19.3 Å². The Bertz CT molecular complexity index is 867. The lowest BCUT2D eigenvalue weighted by Gasteiger charge is -2.04. The van der Waals surface area contributed by atoms with Crippen LogP contribution in [0.1, 0.15) is 22.5 Å². The Morgan fingerprint density at radius 3 is 2.48 bits per heavy atom. The molecule has 0 unspecified atom stereocenters. The van der Waals surface area contributed by atoms with Gasteiger partial charge in [0.25, 0.3) is 11.8 Å². The molecule has 1 saturated heterocycles. The molecule has 27 heavy (non-hydrogen) atoms. The molecule has 0 saturated carbocycles. The smallest absolute Gasteiger partial charge is 0.271 e. The topological polar surface area (TPSA) is 127 Å². The summed E-state index contributed by atoms with van der Waals surface area (Å²) in [6.45, 7) is 0.694. The Balaban J connectivity index is 0.000000305. The van der Waals surface area contributed by atoms with Crippen molar-refractivity contribution in [1.82, 2.24) is 14.7 Å². The molecular formula is C19H21N5O3. The Hall–Kier alpha value is -3.75. The van der Waals surface area contributed by atoms with Gasteiger partial charge in [0.05, 0.1) is 17.6 Å². The highest BCUT2D eigenvalue weighted by molar-refractivity contribution is 5.95. The molecule has 1 atom stereocenters. The quantitative estimate of drug-likeness (QED) is 0.644. The number of aliphatic hydroxyl groups is 1. The van der Waals surface area contributed by atoms with E-state index in [0.717, 1.165) is 11.3 Å². The second-order valence-electron chi connectivity index (χ2n) is 5.50. The highest BCUT2D eigenvalue weighted by Crippen LogP contribution is 2.14. The Kier molecular flexibility index (Phi) is 7.62. The van der Waals surface area contributed by atoms with Crippen LogP contribution >= 0.6 is 0 Å². The van der Waals surface area contributed by atoms with E-state index in [4.69, 9.17) is 23.0 Å². The monoisotopic (exact) mass is 367 g/mol. The van der Waals surface area contributed by atoms with Gasteiger partial charge in [-0.1, -0.05) is 12.0 Å². The molecular weight excluding hydrogens is 346 g/mol. The van der Waals surface area contributed by atoms with Gasteiger partial charge >= 0.3 is 0 Å². The number of carbonyl (C=O) groups excluding carboxylic acids is 2. The largest absolute Gasteiger partial charge is 0.396 e. The number of nitrogens with zero attached hydrogens (tertiary/aromatic N) is 3. The van der Waals surface area contributed by atoms with Gasteiger partial charge in [-0.3, -0.25) is 9.59 Å². The van der Waals surface area contributed by atoms with Crippen LogP contribution < -0.4 is 11.5 Å². The van der Waals surface area contributed by atoms with Crippen LogP contribution in [0.4, 0.5) is 5.69 Å². The van der Waals surface area contributed by atoms with Gasteiger partial charge in [0.2, 0.25) is 0 Å². The van der Waals surface area contributed by atoms with Crippen molar-refractivity contribution < 1.29 is 14.7 Å². The summed E-state index contributed by atoms with van der Waals surface area (Å²) < 4.78 is 1.47. The number of likely N-dealkylation sites (tertiary alicyclic amines) is 1. The maximum absolute atomic E-state index is 11.0. The third-order valence-electron chi connectivity index (χ3n) is 3.65. The summed E-state index contributed by atoms with van der Waals surface area (Å²) in [6.07, 6.45) is 14.7. The fourth-order valence-electron chi connectivity index (χ4n) is 2.25. The number of primary amides is 1. The second-order valence-corrected chi connectivity index (χ2v) is 5.50. The van der Waals surface area contributed by atoms with Crippen molar-refractivity contribution in [3.63, 3.8) is 0 Å². The molecule has 0 aliphatic carbocycles. The summed E-state index contributed by atoms with van der Waals surface area (Å²) in [4.78, 5) is 23.1. The number of aromatic nitrogens is 2. The van der Waals surface area contributed by atoms with Gasteiger partial charge in [0.15, 0.2) is 5.69 Å². The first-order valence-electron chi connectivity index (χ1n) is 7.82. The molecule has 2 heterocycles. The SMILES string of the molecule is C#C.C#Cc1cccc(-n2cc(N)c(C(N)=O)n2)c1.CN1CC[C@H](O)C1=O. The lowest BCUT2D eigenvalue weighted by atomic mass is 10.2. The molecule has 8 heteroatoms. The standard InChI is InChI=1S/C12H10N4O.C5H9NO2.C2H2/c1-2-8-4-3-5-9(6-8)16-7-10(13)11(15-16)12(14)17;1-6-3-2-4(7)5(6)8;1-2/h1,3-7H,13H2,(H2,14,17);4,7H,2-3H2,1H3;1-2H/t;4-;/m.0./s1. The van der Waals surface area contributed by atoms with Crippen LogP contribution in [0.2, 0.25) is 0 Å². The van der Waals surface area contributed by atoms with E-state index in [-0.39, 0.29) is 17.3 Å². The minimum Gasteiger partial charge on any atom is -0.396 e. The van der Waals surface area contributed by atoms with Crippen molar-refractivity contribution in [2.24, 2.45) is 5.73 Å². The number of benzene rings is 1. The van der Waals surface area contributed by atoms with E-state index in [1.54, 1.807) is 31.3 Å². The number of amides is 2. The molecule has 1 aromatic heterocycles. The van der Waals surface area contributed by atoms with Gasteiger partial charge in [-0.15, -0.1) is 19.3 Å². The normalized spacial score (nSPS) is 15.0. The number of nitrogens with two attached hydrogens (primary N) is 2. The van der Waals surface area contributed by atoms with Crippen LogP contribution in [-0.2, 0) is 4.79 Å². The number of rotatable bonds is 2. The van der Waals surface area contributed by atoms with Crippen molar-refractivity contribution in [1.29, 1.82) is 0 Å². The van der Waals surface area contributed by atoms with Gasteiger partial charge in [-0.25, -0.2) is 4.68 Å². The summed E-state index contributed by atoms with van der Waals surface area (Å²) in [7, 11) is 1.69. The first kappa shape index (κ1) is 21.3. The fourth-order valence-corrected chi connectivity index (χ4v) is 2.25. The average Bonchev–Trinajstić information content (AvgIpc) is 3.21. The summed E-state index contributed by atoms with van der Waals surface area (Å²) >= 11 is 0. The predicted molar refractivity (Wildman–Crippen MR) is 103 cm³/mol. The van der Waals surface area contributed by atoms with E-state index in [0.29, 0.717) is 13.0 Å². The highest BCUT2D eigenvalue weighted by Gasteiger charge is 2.25. The molecule has 1 aliphatic rings. The number of carbonyl (C=O) groups is 2. The number of hydrogen-bond donors (Lipinski definition) is 3. The lowest BCUT2D eigenvalue weighted by molar-refractivity contribution is -0.133. The number of terminal acetylenes is 2. The molecule has 1 fully saturated rings. The van der Waals surface area contributed by atoms with Crippen LogP contribution in [0.15, 0.2) is 30.5 Å². The maximum Gasteiger partial charge on any atom is 0.271 e. The number of nitrogen functional groups attached to an aromatic ring is 1. The number of aliphatic hydroxyl groups excluding tert-OH is 1. The second kappa shape index (κ2) is 9.66. The van der Waals surface area contributed by atoms with Gasteiger partial charge < -0.3 is 21.5 Å². The third-order valence-corrected chi connectivity index (χ3v) is 3.65. The Labute approximate surface area is 157 Å². The molecule has 0 bridgehead atoms. The van der Waals surface area contributed by atoms with Crippen LogP contribution in [0.25, 0.3) is 5.69 Å². The van der Waals surface area contributed by atoms with Gasteiger partial charge in [0.1, 0.15) is 6.10 Å². The molecule has 140 valence electrons. The van der Waals surface area contributed by atoms with Crippen molar-refractivity contribution in [2.45, 2.75) is 12.5 Å². The third kappa shape index (κ3) is 5.36. The van der Waals surface area contributed by atoms with E-state index in [2.05, 4.69) is 23.9 Å². The zero-order chi connectivity index (χ0) is 20.6. The first-order chi connectivity index (χ1) is 12.8. The van der Waals surface area contributed by atoms with Crippen molar-refractivity contribution in [3.05, 3.63) is 41.7 Å². The maximum atomic E-state index is 11.0. The van der Waals surface area contributed by atoms with Gasteiger partial charge in [0, 0.05) is 19.2 Å². The van der Waals surface area contributed by atoms with Crippen molar-refractivity contribution >= 4 is 17.5 Å². The van der Waals surface area contributed by atoms with E-state index < -0.39 is 12.0 Å². The fraction of sp³-hybridized carbons (Fsp3) is 0.211. The van der Waals surface area contributed by atoms with Gasteiger partial charge in [-0.05, 0) is 24.6 Å². The van der Waals surface area contributed by atoms with Crippen LogP contribution in [0.5, 0.6) is 0 Å². The van der Waals surface area contributed by atoms with Gasteiger partial charge in [-0.2, -0.15) is 5.10 Å². The molecule has 0 radical (unpaired) electrons. The zero-order valence-electron chi connectivity index (χ0n) is 14.9.